The average molecular weight is 447 g/mol. The average Bonchev–Trinajstić information content (AvgIpc) is 3.18. The van der Waals surface area contributed by atoms with Crippen molar-refractivity contribution in [3.05, 3.63) is 60.2 Å². The maximum Gasteiger partial charge on any atom is 0.274 e. The molecule has 0 saturated carbocycles. The van der Waals surface area contributed by atoms with E-state index in [4.69, 9.17) is 9.47 Å². The van der Waals surface area contributed by atoms with Gasteiger partial charge in [-0.1, -0.05) is 42.1 Å². The molecule has 2 aromatic rings. The van der Waals surface area contributed by atoms with Crippen LogP contribution >= 0.6 is 11.8 Å². The summed E-state index contributed by atoms with van der Waals surface area (Å²) >= 11 is 1.34. The Kier molecular flexibility index (Phi) is 6.12. The third-order valence-electron chi connectivity index (χ3n) is 4.92. The zero-order valence-electron chi connectivity index (χ0n) is 16.4. The number of sulfone groups is 1. The second-order valence-corrected chi connectivity index (χ2v) is 10.5. The lowest BCUT2D eigenvalue weighted by atomic mass is 10.2. The van der Waals surface area contributed by atoms with E-state index in [-0.39, 0.29) is 29.4 Å². The van der Waals surface area contributed by atoms with Crippen molar-refractivity contribution in [3.63, 3.8) is 0 Å². The van der Waals surface area contributed by atoms with Gasteiger partial charge in [-0.3, -0.25) is 4.79 Å². The maximum atomic E-state index is 12.1. The fraction of sp³-hybridized carbons (Fsp3) is 0.333. The number of carbonyl (C=O) groups is 1. The minimum Gasteiger partial charge on any atom is -0.489 e. The minimum atomic E-state index is -3.11. The Balaban J connectivity index is 1.54. The van der Waals surface area contributed by atoms with Crippen LogP contribution in [-0.4, -0.2) is 56.0 Å². The summed E-state index contributed by atoms with van der Waals surface area (Å²) in [6, 6.07) is 17.0. The van der Waals surface area contributed by atoms with Gasteiger partial charge in [-0.15, -0.1) is 0 Å². The second-order valence-electron chi connectivity index (χ2n) is 7.16. The maximum absolute atomic E-state index is 12.1. The molecule has 2 unspecified atom stereocenters. The Labute approximate surface area is 180 Å². The first-order valence-corrected chi connectivity index (χ1v) is 12.2. The van der Waals surface area contributed by atoms with E-state index in [1.807, 2.05) is 59.5 Å². The van der Waals surface area contributed by atoms with Gasteiger partial charge < -0.3 is 14.4 Å². The van der Waals surface area contributed by atoms with Crippen molar-refractivity contribution >= 4 is 38.4 Å². The first kappa shape index (κ1) is 20.9. The first-order valence-electron chi connectivity index (χ1n) is 9.49. The van der Waals surface area contributed by atoms with E-state index < -0.39 is 15.7 Å². The number of ether oxygens (including phenoxy) is 2. The summed E-state index contributed by atoms with van der Waals surface area (Å²) in [5.74, 6) is 0.456. The molecule has 2 aliphatic heterocycles. The number of carbonyl (C=O) groups excluding carboxylic acids is 1. The molecule has 0 bridgehead atoms. The molecule has 2 heterocycles. The van der Waals surface area contributed by atoms with Gasteiger partial charge in [0.2, 0.25) is 0 Å². The van der Waals surface area contributed by atoms with Crippen molar-refractivity contribution in [3.8, 4) is 5.75 Å². The Bertz CT molecular complexity index is 1040. The smallest absolute Gasteiger partial charge is 0.274 e. The van der Waals surface area contributed by atoms with Gasteiger partial charge in [-0.2, -0.15) is 4.99 Å². The van der Waals surface area contributed by atoms with Gasteiger partial charge in [-0.25, -0.2) is 8.42 Å². The van der Waals surface area contributed by atoms with Crippen molar-refractivity contribution in [2.75, 3.05) is 30.1 Å². The molecular formula is C21H22N2O5S2. The number of benzene rings is 2. The number of amides is 1. The molecule has 0 N–H and O–H groups in total. The summed E-state index contributed by atoms with van der Waals surface area (Å²) in [5.41, 5.74) is 1.85. The standard InChI is InChI=1S/C21H22N2O5S2/c1-27-12-20(24)22-21-23(18-13-30(25,26)14-19(18)29-21)16-7-9-17(10-8-16)28-11-15-5-3-2-4-6-15/h2-10,18-19H,11-14H2,1H3. The predicted molar refractivity (Wildman–Crippen MR) is 118 cm³/mol. The zero-order chi connectivity index (χ0) is 21.1. The summed E-state index contributed by atoms with van der Waals surface area (Å²) in [7, 11) is -1.67. The van der Waals surface area contributed by atoms with Gasteiger partial charge in [0, 0.05) is 18.0 Å². The molecule has 0 aliphatic carbocycles. The Morgan fingerprint density at radius 1 is 1.13 bits per heavy atom. The van der Waals surface area contributed by atoms with Gasteiger partial charge in [0.1, 0.15) is 19.0 Å². The molecule has 30 heavy (non-hydrogen) atoms. The lowest BCUT2D eigenvalue weighted by molar-refractivity contribution is -0.121. The van der Waals surface area contributed by atoms with Crippen LogP contribution in [0.25, 0.3) is 0 Å². The fourth-order valence-electron chi connectivity index (χ4n) is 3.57. The quantitative estimate of drug-likeness (QED) is 0.674. The summed E-state index contributed by atoms with van der Waals surface area (Å²) in [4.78, 5) is 18.0. The number of nitrogens with zero attached hydrogens (tertiary/aromatic N) is 2. The Morgan fingerprint density at radius 3 is 2.57 bits per heavy atom. The van der Waals surface area contributed by atoms with Crippen LogP contribution in [0.4, 0.5) is 5.69 Å². The van der Waals surface area contributed by atoms with Crippen molar-refractivity contribution in [2.24, 2.45) is 4.99 Å². The summed E-state index contributed by atoms with van der Waals surface area (Å²) in [6.45, 7) is 0.346. The van der Waals surface area contributed by atoms with Crippen LogP contribution in [0.15, 0.2) is 59.6 Å². The van der Waals surface area contributed by atoms with Crippen LogP contribution in [-0.2, 0) is 26.0 Å². The molecule has 0 aromatic heterocycles. The molecule has 7 nitrogen and oxygen atoms in total. The molecule has 2 saturated heterocycles. The van der Waals surface area contributed by atoms with Crippen molar-refractivity contribution in [1.82, 2.24) is 0 Å². The SMILES string of the molecule is COCC(=O)N=C1SC2CS(=O)(=O)CC2N1c1ccc(OCc2ccccc2)cc1. The molecule has 2 aliphatic rings. The van der Waals surface area contributed by atoms with Crippen LogP contribution < -0.4 is 9.64 Å². The minimum absolute atomic E-state index is 0.0500. The number of thioether (sulfide) groups is 1. The molecule has 1 amide bonds. The van der Waals surface area contributed by atoms with E-state index in [2.05, 4.69) is 4.99 Å². The normalized spacial score (nSPS) is 23.5. The van der Waals surface area contributed by atoms with Crippen LogP contribution in [0, 0.1) is 0 Å². The largest absolute Gasteiger partial charge is 0.489 e. The predicted octanol–water partition coefficient (Wildman–Crippen LogP) is 2.51. The zero-order valence-corrected chi connectivity index (χ0v) is 18.1. The summed E-state index contributed by atoms with van der Waals surface area (Å²) in [6.07, 6.45) is 0. The van der Waals surface area contributed by atoms with E-state index in [1.165, 1.54) is 18.9 Å². The van der Waals surface area contributed by atoms with Crippen LogP contribution in [0.1, 0.15) is 5.56 Å². The number of methoxy groups -OCH3 is 1. The van der Waals surface area contributed by atoms with E-state index in [1.54, 1.807) is 0 Å². The van der Waals surface area contributed by atoms with Crippen molar-refractivity contribution < 1.29 is 22.7 Å². The van der Waals surface area contributed by atoms with Gasteiger partial charge >= 0.3 is 0 Å². The van der Waals surface area contributed by atoms with E-state index in [9.17, 15) is 13.2 Å². The van der Waals surface area contributed by atoms with Gasteiger partial charge in [-0.05, 0) is 29.8 Å². The number of rotatable bonds is 6. The number of fused-ring (bicyclic) bond motifs is 1. The molecule has 2 atom stereocenters. The third-order valence-corrected chi connectivity index (χ3v) is 8.13. The fourth-order valence-corrected chi connectivity index (χ4v) is 7.50. The monoisotopic (exact) mass is 446 g/mol. The van der Waals surface area contributed by atoms with Crippen LogP contribution in [0.3, 0.4) is 0 Å². The van der Waals surface area contributed by atoms with E-state index >= 15 is 0 Å². The number of hydrogen-bond acceptors (Lipinski definition) is 6. The number of hydrogen-bond donors (Lipinski definition) is 0. The molecular weight excluding hydrogens is 424 g/mol. The highest BCUT2D eigenvalue weighted by molar-refractivity contribution is 8.16. The number of aliphatic imine (C=N–C) groups is 1. The topological polar surface area (TPSA) is 85.3 Å². The molecule has 0 radical (unpaired) electrons. The van der Waals surface area contributed by atoms with Crippen molar-refractivity contribution in [2.45, 2.75) is 17.9 Å². The summed E-state index contributed by atoms with van der Waals surface area (Å²) < 4.78 is 35.0. The van der Waals surface area contributed by atoms with Crippen molar-refractivity contribution in [1.29, 1.82) is 0 Å². The highest BCUT2D eigenvalue weighted by Gasteiger charge is 2.49. The molecule has 2 aromatic carbocycles. The highest BCUT2D eigenvalue weighted by Crippen LogP contribution is 2.41. The van der Waals surface area contributed by atoms with Gasteiger partial charge in [0.15, 0.2) is 15.0 Å². The first-order chi connectivity index (χ1) is 14.4. The number of amidine groups is 1. The second kappa shape index (κ2) is 8.79. The third kappa shape index (κ3) is 4.69. The van der Waals surface area contributed by atoms with E-state index in [0.717, 1.165) is 11.3 Å². The Morgan fingerprint density at radius 2 is 1.87 bits per heavy atom. The highest BCUT2D eigenvalue weighted by atomic mass is 32.2. The lowest BCUT2D eigenvalue weighted by Gasteiger charge is -2.24. The van der Waals surface area contributed by atoms with Gasteiger partial charge in [0.25, 0.3) is 5.91 Å². The van der Waals surface area contributed by atoms with Crippen LogP contribution in [0.5, 0.6) is 5.75 Å². The molecule has 0 spiro atoms. The molecule has 158 valence electrons. The molecule has 4 rings (SSSR count). The van der Waals surface area contributed by atoms with E-state index in [0.29, 0.717) is 17.5 Å². The lowest BCUT2D eigenvalue weighted by Crippen LogP contribution is -2.37. The molecule has 2 fully saturated rings. The molecule has 9 heteroatoms. The van der Waals surface area contributed by atoms with Gasteiger partial charge in [0.05, 0.1) is 17.5 Å². The summed E-state index contributed by atoms with van der Waals surface area (Å²) in [5, 5.41) is 0.373. The Hall–Kier alpha value is -2.36. The van der Waals surface area contributed by atoms with Crippen LogP contribution in [0.2, 0.25) is 0 Å². The number of anilines is 1.